The summed E-state index contributed by atoms with van der Waals surface area (Å²) in [6, 6.07) is 0. The van der Waals surface area contributed by atoms with Gasteiger partial charge in [-0.15, -0.1) is 0 Å². The van der Waals surface area contributed by atoms with Crippen molar-refractivity contribution < 1.29 is 0 Å². The fraction of sp³-hybridized carbons (Fsp3) is 0.444. The lowest BCUT2D eigenvalue weighted by molar-refractivity contribution is 0.471. The lowest BCUT2D eigenvalue weighted by atomic mass is 10.3. The van der Waals surface area contributed by atoms with Gasteiger partial charge in [0.25, 0.3) is 0 Å². The average molecular weight is 148 g/mol. The number of nitrogens with zero attached hydrogens (tertiary/aromatic N) is 2. The molecule has 0 aromatic rings. The Morgan fingerprint density at radius 2 is 2.45 bits per heavy atom. The van der Waals surface area contributed by atoms with Gasteiger partial charge in [0.15, 0.2) is 0 Å². The Hall–Kier alpha value is -1.05. The lowest BCUT2D eigenvalue weighted by Crippen LogP contribution is -2.11. The van der Waals surface area contributed by atoms with E-state index < -0.39 is 0 Å². The lowest BCUT2D eigenvalue weighted by Gasteiger charge is -2.11. The molecule has 11 heavy (non-hydrogen) atoms. The van der Waals surface area contributed by atoms with E-state index in [2.05, 4.69) is 29.1 Å². The van der Waals surface area contributed by atoms with Crippen LogP contribution in [0.15, 0.2) is 28.5 Å². The largest absolute Gasteiger partial charge is 0.373 e. The van der Waals surface area contributed by atoms with Gasteiger partial charge in [0.2, 0.25) is 0 Å². The molecule has 2 rings (SSSR count). The number of hydrogen-bond acceptors (Lipinski definition) is 2. The molecule has 0 saturated carbocycles. The third kappa shape index (κ3) is 1.09. The summed E-state index contributed by atoms with van der Waals surface area (Å²) < 4.78 is 0. The molecule has 0 N–H and O–H groups in total. The van der Waals surface area contributed by atoms with Gasteiger partial charge in [-0.25, -0.2) is 0 Å². The quantitative estimate of drug-likeness (QED) is 0.509. The molecule has 2 nitrogen and oxygen atoms in total. The molecule has 0 bridgehead atoms. The summed E-state index contributed by atoms with van der Waals surface area (Å²) in [7, 11) is 2.12. The van der Waals surface area contributed by atoms with E-state index in [0.717, 1.165) is 19.4 Å². The second-order valence-corrected chi connectivity index (χ2v) is 2.95. The molecule has 2 heterocycles. The maximum Gasteiger partial charge on any atom is 0.0650 e. The third-order valence-electron chi connectivity index (χ3n) is 2.16. The molecular weight excluding hydrogens is 136 g/mol. The highest BCUT2D eigenvalue weighted by molar-refractivity contribution is 5.63. The highest BCUT2D eigenvalue weighted by Crippen LogP contribution is 2.24. The van der Waals surface area contributed by atoms with E-state index in [1.165, 1.54) is 11.4 Å². The van der Waals surface area contributed by atoms with Gasteiger partial charge in [0.1, 0.15) is 0 Å². The predicted molar refractivity (Wildman–Crippen MR) is 46.5 cm³/mol. The number of allylic oxidation sites excluding steroid dienone is 2. The van der Waals surface area contributed by atoms with Crippen LogP contribution in [0.1, 0.15) is 12.8 Å². The molecule has 0 radical (unpaired) electrons. The summed E-state index contributed by atoms with van der Waals surface area (Å²) >= 11 is 0. The number of rotatable bonds is 0. The van der Waals surface area contributed by atoms with Crippen LogP contribution in [0.25, 0.3) is 0 Å². The SMILES string of the molecule is CN1CCC2=C1C=CCC=N2. The van der Waals surface area contributed by atoms with Crippen LogP contribution in [0.4, 0.5) is 0 Å². The molecule has 0 unspecified atom stereocenters. The summed E-state index contributed by atoms with van der Waals surface area (Å²) in [6.07, 6.45) is 8.40. The average Bonchev–Trinajstić information content (AvgIpc) is 2.25. The molecule has 2 aliphatic heterocycles. The van der Waals surface area contributed by atoms with Crippen molar-refractivity contribution in [2.24, 2.45) is 4.99 Å². The third-order valence-corrected chi connectivity index (χ3v) is 2.16. The van der Waals surface area contributed by atoms with Crippen molar-refractivity contribution in [1.29, 1.82) is 0 Å². The Balaban J connectivity index is 2.36. The van der Waals surface area contributed by atoms with E-state index >= 15 is 0 Å². The Kier molecular flexibility index (Phi) is 1.53. The van der Waals surface area contributed by atoms with E-state index in [-0.39, 0.29) is 0 Å². The zero-order valence-electron chi connectivity index (χ0n) is 6.75. The van der Waals surface area contributed by atoms with Crippen molar-refractivity contribution in [1.82, 2.24) is 4.90 Å². The van der Waals surface area contributed by atoms with Crippen molar-refractivity contribution in [3.63, 3.8) is 0 Å². The molecule has 2 aliphatic rings. The molecule has 0 spiro atoms. The maximum absolute atomic E-state index is 4.39. The van der Waals surface area contributed by atoms with Gasteiger partial charge in [0.05, 0.1) is 11.4 Å². The van der Waals surface area contributed by atoms with Crippen LogP contribution >= 0.6 is 0 Å². The van der Waals surface area contributed by atoms with Gasteiger partial charge in [-0.1, -0.05) is 6.08 Å². The van der Waals surface area contributed by atoms with Crippen LogP contribution in [0.2, 0.25) is 0 Å². The monoisotopic (exact) mass is 148 g/mol. The summed E-state index contributed by atoms with van der Waals surface area (Å²) in [5.74, 6) is 0. The van der Waals surface area contributed by atoms with Gasteiger partial charge in [-0.2, -0.15) is 0 Å². The molecule has 0 saturated heterocycles. The van der Waals surface area contributed by atoms with Crippen LogP contribution in [-0.2, 0) is 0 Å². The molecule has 2 heteroatoms. The van der Waals surface area contributed by atoms with Gasteiger partial charge in [-0.3, -0.25) is 4.99 Å². The topological polar surface area (TPSA) is 15.6 Å². The second-order valence-electron chi connectivity index (χ2n) is 2.95. The van der Waals surface area contributed by atoms with Crippen molar-refractivity contribution in [2.45, 2.75) is 12.8 Å². The first-order chi connectivity index (χ1) is 5.38. The van der Waals surface area contributed by atoms with Gasteiger partial charge in [-0.05, 0) is 6.08 Å². The Labute approximate surface area is 66.9 Å². The highest BCUT2D eigenvalue weighted by atomic mass is 15.1. The summed E-state index contributed by atoms with van der Waals surface area (Å²) in [6.45, 7) is 1.12. The standard InChI is InChI=1S/C9H12N2/c1-11-7-5-8-9(11)4-2-3-6-10-8/h2,4,6H,3,5,7H2,1H3. The first-order valence-corrected chi connectivity index (χ1v) is 4.01. The van der Waals surface area contributed by atoms with Crippen LogP contribution in [0, 0.1) is 0 Å². The van der Waals surface area contributed by atoms with Gasteiger partial charge < -0.3 is 4.90 Å². The Morgan fingerprint density at radius 1 is 1.55 bits per heavy atom. The molecule has 0 amide bonds. The van der Waals surface area contributed by atoms with Crippen molar-refractivity contribution in [2.75, 3.05) is 13.6 Å². The van der Waals surface area contributed by atoms with E-state index in [1.54, 1.807) is 0 Å². The van der Waals surface area contributed by atoms with E-state index in [0.29, 0.717) is 0 Å². The first-order valence-electron chi connectivity index (χ1n) is 4.01. The normalized spacial score (nSPS) is 22.5. The van der Waals surface area contributed by atoms with E-state index in [1.807, 2.05) is 6.21 Å². The van der Waals surface area contributed by atoms with Crippen molar-refractivity contribution in [3.05, 3.63) is 23.5 Å². The summed E-state index contributed by atoms with van der Waals surface area (Å²) in [4.78, 5) is 6.64. The molecule has 0 atom stereocenters. The minimum Gasteiger partial charge on any atom is -0.373 e. The number of likely N-dealkylation sites (N-methyl/N-ethyl adjacent to an activating group) is 1. The molecule has 0 aromatic heterocycles. The zero-order valence-corrected chi connectivity index (χ0v) is 6.75. The molecule has 58 valence electrons. The minimum absolute atomic E-state index is 0.973. The summed E-state index contributed by atoms with van der Waals surface area (Å²) in [5.41, 5.74) is 2.56. The number of aliphatic imine (C=N–C) groups is 1. The molecule has 0 aliphatic carbocycles. The Bertz CT molecular complexity index is 248. The van der Waals surface area contributed by atoms with Crippen LogP contribution in [0.5, 0.6) is 0 Å². The van der Waals surface area contributed by atoms with Crippen LogP contribution in [0.3, 0.4) is 0 Å². The fourth-order valence-corrected chi connectivity index (χ4v) is 1.50. The van der Waals surface area contributed by atoms with Crippen LogP contribution < -0.4 is 0 Å². The van der Waals surface area contributed by atoms with Crippen molar-refractivity contribution >= 4 is 6.21 Å². The van der Waals surface area contributed by atoms with E-state index in [4.69, 9.17) is 0 Å². The van der Waals surface area contributed by atoms with E-state index in [9.17, 15) is 0 Å². The van der Waals surface area contributed by atoms with Gasteiger partial charge >= 0.3 is 0 Å². The first kappa shape index (κ1) is 6.65. The highest BCUT2D eigenvalue weighted by Gasteiger charge is 2.16. The Morgan fingerprint density at radius 3 is 3.36 bits per heavy atom. The van der Waals surface area contributed by atoms with Crippen molar-refractivity contribution in [3.8, 4) is 0 Å². The van der Waals surface area contributed by atoms with Gasteiger partial charge in [0, 0.05) is 32.6 Å². The maximum atomic E-state index is 4.39. The summed E-state index contributed by atoms with van der Waals surface area (Å²) in [5, 5.41) is 0. The smallest absolute Gasteiger partial charge is 0.0650 e. The predicted octanol–water partition coefficient (Wildman–Crippen LogP) is 1.56. The number of hydrogen-bond donors (Lipinski definition) is 0. The van der Waals surface area contributed by atoms with Crippen LogP contribution in [-0.4, -0.2) is 24.7 Å². The minimum atomic E-state index is 0.973. The fourth-order valence-electron chi connectivity index (χ4n) is 1.50. The molecule has 0 aromatic carbocycles. The zero-order chi connectivity index (χ0) is 7.68. The molecular formula is C9H12N2. The molecule has 0 fully saturated rings. The second kappa shape index (κ2) is 2.53.